The summed E-state index contributed by atoms with van der Waals surface area (Å²) in [6.07, 6.45) is 4.80. The van der Waals surface area contributed by atoms with Gasteiger partial charge in [-0.05, 0) is 62.9 Å². The first-order valence-electron chi connectivity index (χ1n) is 10.9. The Morgan fingerprint density at radius 3 is 2.90 bits per heavy atom. The van der Waals surface area contributed by atoms with Crippen molar-refractivity contribution in [1.29, 1.82) is 0 Å². The Morgan fingerprint density at radius 2 is 2.06 bits per heavy atom. The second-order valence-electron chi connectivity index (χ2n) is 8.71. The van der Waals surface area contributed by atoms with Crippen LogP contribution in [0.25, 0.3) is 11.5 Å². The molecule has 0 spiro atoms. The zero-order valence-electron chi connectivity index (χ0n) is 18.2. The highest BCUT2D eigenvalue weighted by Gasteiger charge is 2.25. The number of hydrogen-bond acceptors (Lipinski definition) is 6. The van der Waals surface area contributed by atoms with Crippen molar-refractivity contribution in [3.63, 3.8) is 0 Å². The predicted octanol–water partition coefficient (Wildman–Crippen LogP) is 3.26. The van der Waals surface area contributed by atoms with Crippen LogP contribution in [-0.4, -0.2) is 48.1 Å². The second-order valence-corrected chi connectivity index (χ2v) is 8.71. The molecular formula is C23H27N7O. The van der Waals surface area contributed by atoms with Crippen LogP contribution in [0.2, 0.25) is 0 Å². The molecule has 0 saturated carbocycles. The molecule has 0 aliphatic carbocycles. The van der Waals surface area contributed by atoms with Crippen LogP contribution in [0.5, 0.6) is 0 Å². The molecular weight excluding hydrogens is 390 g/mol. The summed E-state index contributed by atoms with van der Waals surface area (Å²) in [5, 5.41) is 11.5. The van der Waals surface area contributed by atoms with E-state index in [1.54, 1.807) is 6.07 Å². The van der Waals surface area contributed by atoms with Crippen molar-refractivity contribution in [2.45, 2.75) is 58.7 Å². The maximum absolute atomic E-state index is 12.9. The molecule has 160 valence electrons. The average Bonchev–Trinajstić information content (AvgIpc) is 3.36. The average molecular weight is 418 g/mol. The van der Waals surface area contributed by atoms with E-state index in [2.05, 4.69) is 55.7 Å². The standard InChI is InChI=1S/C23H27N7O/c1-14(2)29-10-9-16-12-24-19(11-17(16)13-29)23(31)26-20-6-4-5-18(25-20)22-28-27-21-8-7-15(3)30(21)22/h4-6,11-12,14-15H,7-10,13H2,1-3H3,(H,25,26,31)/t15-/m1/s1. The first-order valence-corrected chi connectivity index (χ1v) is 10.9. The third-order valence-corrected chi connectivity index (χ3v) is 6.30. The molecule has 1 atom stereocenters. The number of anilines is 1. The van der Waals surface area contributed by atoms with Gasteiger partial charge in [-0.1, -0.05) is 6.07 Å². The largest absolute Gasteiger partial charge is 0.307 e. The predicted molar refractivity (Wildman–Crippen MR) is 118 cm³/mol. The highest BCUT2D eigenvalue weighted by Crippen LogP contribution is 2.30. The summed E-state index contributed by atoms with van der Waals surface area (Å²) in [4.78, 5) is 24.3. The van der Waals surface area contributed by atoms with Crippen LogP contribution < -0.4 is 5.32 Å². The van der Waals surface area contributed by atoms with Crippen LogP contribution >= 0.6 is 0 Å². The van der Waals surface area contributed by atoms with Gasteiger partial charge in [0.1, 0.15) is 23.0 Å². The lowest BCUT2D eigenvalue weighted by molar-refractivity contribution is 0.102. The SMILES string of the molecule is CC(C)N1CCc2cnc(C(=O)Nc3cccc(-c4nnc5n4[C@H](C)CC5)n3)cc2C1. The molecule has 8 nitrogen and oxygen atoms in total. The van der Waals surface area contributed by atoms with Crippen LogP contribution in [-0.2, 0) is 19.4 Å². The monoisotopic (exact) mass is 417 g/mol. The zero-order chi connectivity index (χ0) is 21.5. The molecule has 2 aliphatic rings. The molecule has 8 heteroatoms. The van der Waals surface area contributed by atoms with Crippen LogP contribution in [0.1, 0.15) is 60.7 Å². The number of rotatable bonds is 4. The van der Waals surface area contributed by atoms with Gasteiger partial charge in [0.25, 0.3) is 5.91 Å². The van der Waals surface area contributed by atoms with Crippen molar-refractivity contribution < 1.29 is 4.79 Å². The van der Waals surface area contributed by atoms with E-state index in [-0.39, 0.29) is 5.91 Å². The lowest BCUT2D eigenvalue weighted by atomic mass is 10.00. The van der Waals surface area contributed by atoms with Gasteiger partial charge in [-0.25, -0.2) is 4.98 Å². The topological polar surface area (TPSA) is 88.8 Å². The van der Waals surface area contributed by atoms with E-state index in [1.165, 1.54) is 11.1 Å². The third-order valence-electron chi connectivity index (χ3n) is 6.30. The van der Waals surface area contributed by atoms with Crippen LogP contribution in [0.3, 0.4) is 0 Å². The molecule has 0 fully saturated rings. The van der Waals surface area contributed by atoms with E-state index in [0.717, 1.165) is 44.0 Å². The molecule has 1 amide bonds. The highest BCUT2D eigenvalue weighted by molar-refractivity contribution is 6.02. The van der Waals surface area contributed by atoms with Gasteiger partial charge in [0.05, 0.1) is 0 Å². The van der Waals surface area contributed by atoms with E-state index in [0.29, 0.717) is 29.3 Å². The number of hydrogen-bond donors (Lipinski definition) is 1. The van der Waals surface area contributed by atoms with Gasteiger partial charge in [0.15, 0.2) is 5.82 Å². The van der Waals surface area contributed by atoms with E-state index in [1.807, 2.05) is 24.4 Å². The van der Waals surface area contributed by atoms with E-state index >= 15 is 0 Å². The molecule has 2 aliphatic heterocycles. The maximum atomic E-state index is 12.9. The quantitative estimate of drug-likeness (QED) is 0.701. The molecule has 5 rings (SSSR count). The molecule has 31 heavy (non-hydrogen) atoms. The van der Waals surface area contributed by atoms with Gasteiger partial charge < -0.3 is 9.88 Å². The molecule has 0 radical (unpaired) electrons. The Bertz CT molecular complexity index is 1140. The zero-order valence-corrected chi connectivity index (χ0v) is 18.2. The smallest absolute Gasteiger partial charge is 0.275 e. The summed E-state index contributed by atoms with van der Waals surface area (Å²) in [6.45, 7) is 8.43. The Labute approximate surface area is 181 Å². The number of aryl methyl sites for hydroxylation is 1. The first kappa shape index (κ1) is 19.8. The number of nitrogens with zero attached hydrogens (tertiary/aromatic N) is 6. The van der Waals surface area contributed by atoms with Crippen molar-refractivity contribution in [3.05, 3.63) is 53.1 Å². The molecule has 0 bridgehead atoms. The minimum Gasteiger partial charge on any atom is -0.307 e. The van der Waals surface area contributed by atoms with Gasteiger partial charge in [0, 0.05) is 37.8 Å². The van der Waals surface area contributed by atoms with Crippen LogP contribution in [0, 0.1) is 0 Å². The highest BCUT2D eigenvalue weighted by atomic mass is 16.1. The summed E-state index contributed by atoms with van der Waals surface area (Å²) >= 11 is 0. The van der Waals surface area contributed by atoms with Gasteiger partial charge >= 0.3 is 0 Å². The minimum absolute atomic E-state index is 0.256. The number of carbonyl (C=O) groups excluding carboxylic acids is 1. The molecule has 5 heterocycles. The van der Waals surface area contributed by atoms with Gasteiger partial charge in [0.2, 0.25) is 0 Å². The summed E-state index contributed by atoms with van der Waals surface area (Å²) < 4.78 is 2.14. The summed E-state index contributed by atoms with van der Waals surface area (Å²) in [5.74, 6) is 1.96. The fraction of sp³-hybridized carbons (Fsp3) is 0.435. The number of nitrogens with one attached hydrogen (secondary N) is 1. The third kappa shape index (κ3) is 3.72. The number of amides is 1. The van der Waals surface area contributed by atoms with E-state index in [9.17, 15) is 4.79 Å². The van der Waals surface area contributed by atoms with Gasteiger partial charge in [-0.2, -0.15) is 0 Å². The fourth-order valence-corrected chi connectivity index (χ4v) is 4.43. The van der Waals surface area contributed by atoms with Gasteiger partial charge in [-0.15, -0.1) is 10.2 Å². The number of aromatic nitrogens is 5. The van der Waals surface area contributed by atoms with Crippen LogP contribution in [0.4, 0.5) is 5.82 Å². The van der Waals surface area contributed by atoms with Crippen molar-refractivity contribution in [1.82, 2.24) is 29.6 Å². The first-order chi connectivity index (χ1) is 15.0. The van der Waals surface area contributed by atoms with E-state index in [4.69, 9.17) is 0 Å². The molecule has 0 saturated heterocycles. The Morgan fingerprint density at radius 1 is 1.19 bits per heavy atom. The number of carbonyl (C=O) groups is 1. The van der Waals surface area contributed by atoms with Crippen molar-refractivity contribution in [2.24, 2.45) is 0 Å². The Hall–Kier alpha value is -3.13. The Kier molecular flexibility index (Phi) is 5.02. The lowest BCUT2D eigenvalue weighted by Crippen LogP contribution is -2.36. The van der Waals surface area contributed by atoms with Crippen molar-refractivity contribution >= 4 is 11.7 Å². The van der Waals surface area contributed by atoms with Gasteiger partial charge in [-0.3, -0.25) is 14.7 Å². The fourth-order valence-electron chi connectivity index (χ4n) is 4.43. The van der Waals surface area contributed by atoms with Crippen molar-refractivity contribution in [3.8, 4) is 11.5 Å². The molecule has 0 aromatic carbocycles. The van der Waals surface area contributed by atoms with Crippen LogP contribution in [0.15, 0.2) is 30.5 Å². The number of pyridine rings is 2. The summed E-state index contributed by atoms with van der Waals surface area (Å²) in [6, 6.07) is 8.30. The van der Waals surface area contributed by atoms with E-state index < -0.39 is 0 Å². The normalized spacial score (nSPS) is 18.1. The maximum Gasteiger partial charge on any atom is 0.275 e. The number of fused-ring (bicyclic) bond motifs is 2. The summed E-state index contributed by atoms with van der Waals surface area (Å²) in [7, 11) is 0. The minimum atomic E-state index is -0.256. The summed E-state index contributed by atoms with van der Waals surface area (Å²) in [5.41, 5.74) is 3.52. The van der Waals surface area contributed by atoms with Crippen molar-refractivity contribution in [2.75, 3.05) is 11.9 Å². The lowest BCUT2D eigenvalue weighted by Gasteiger charge is -2.31. The molecule has 3 aromatic rings. The molecule has 0 unspecified atom stereocenters. The molecule has 1 N–H and O–H groups in total. The molecule has 3 aromatic heterocycles. The Balaban J connectivity index is 1.36. The second kappa shape index (κ2) is 7.85.